The van der Waals surface area contributed by atoms with Crippen LogP contribution < -0.4 is 0 Å². The van der Waals surface area contributed by atoms with Gasteiger partial charge in [-0.3, -0.25) is 4.79 Å². The third kappa shape index (κ3) is 7.69. The fourth-order valence-electron chi connectivity index (χ4n) is 2.99. The molecular formula is C18H28O7. The highest BCUT2D eigenvalue weighted by atomic mass is 16.6. The summed E-state index contributed by atoms with van der Waals surface area (Å²) in [6.45, 7) is 2.89. The van der Waals surface area contributed by atoms with Gasteiger partial charge in [0.2, 0.25) is 0 Å². The fraction of sp³-hybridized carbons (Fsp3) is 0.722. The van der Waals surface area contributed by atoms with Crippen molar-refractivity contribution in [2.45, 2.75) is 58.3 Å². The Balaban J connectivity index is 2.67. The standard InChI is InChI=1S/C18H28O7/c1-2-3-9-24-10-11-25-15(19)12-14(17(20)21)16(18(22)23)13-7-5-4-6-8-13/h13H,2-12H2,1H3,(H,20,21)(H,22,23)/b16-14+. The van der Waals surface area contributed by atoms with Crippen molar-refractivity contribution in [3.63, 3.8) is 0 Å². The van der Waals surface area contributed by atoms with E-state index in [0.717, 1.165) is 32.1 Å². The molecule has 1 aliphatic rings. The average molecular weight is 356 g/mol. The molecule has 0 radical (unpaired) electrons. The summed E-state index contributed by atoms with van der Waals surface area (Å²) in [5.74, 6) is -3.70. The molecule has 0 aliphatic heterocycles. The van der Waals surface area contributed by atoms with E-state index < -0.39 is 24.3 Å². The largest absolute Gasteiger partial charge is 0.478 e. The Morgan fingerprint density at radius 1 is 0.960 bits per heavy atom. The van der Waals surface area contributed by atoms with Gasteiger partial charge in [-0.1, -0.05) is 32.6 Å². The number of carboxylic acids is 2. The molecule has 0 amide bonds. The molecule has 0 bridgehead atoms. The number of hydrogen-bond donors (Lipinski definition) is 2. The third-order valence-corrected chi connectivity index (χ3v) is 4.28. The molecule has 25 heavy (non-hydrogen) atoms. The molecule has 0 aromatic heterocycles. The molecule has 0 saturated heterocycles. The van der Waals surface area contributed by atoms with Gasteiger partial charge in [-0.25, -0.2) is 9.59 Å². The topological polar surface area (TPSA) is 110 Å². The van der Waals surface area contributed by atoms with Crippen LogP contribution in [-0.4, -0.2) is 47.9 Å². The number of aliphatic carboxylic acids is 2. The molecule has 0 aromatic carbocycles. The van der Waals surface area contributed by atoms with Crippen molar-refractivity contribution in [2.24, 2.45) is 5.92 Å². The Morgan fingerprint density at radius 2 is 1.64 bits per heavy atom. The summed E-state index contributed by atoms with van der Waals surface area (Å²) in [4.78, 5) is 35.0. The van der Waals surface area contributed by atoms with E-state index in [-0.39, 0.29) is 30.3 Å². The second kappa shape index (κ2) is 11.6. The van der Waals surface area contributed by atoms with Crippen molar-refractivity contribution < 1.29 is 34.1 Å². The van der Waals surface area contributed by atoms with Gasteiger partial charge in [0.15, 0.2) is 0 Å². The molecule has 1 fully saturated rings. The van der Waals surface area contributed by atoms with Crippen molar-refractivity contribution in [2.75, 3.05) is 19.8 Å². The maximum absolute atomic E-state index is 11.9. The molecule has 0 atom stereocenters. The highest BCUT2D eigenvalue weighted by Crippen LogP contribution is 2.32. The van der Waals surface area contributed by atoms with Crippen LogP contribution in [0.25, 0.3) is 0 Å². The van der Waals surface area contributed by atoms with Gasteiger partial charge in [0.05, 0.1) is 24.2 Å². The smallest absolute Gasteiger partial charge is 0.332 e. The number of ether oxygens (including phenoxy) is 2. The zero-order valence-corrected chi connectivity index (χ0v) is 14.8. The Bertz CT molecular complexity index is 490. The average Bonchev–Trinajstić information content (AvgIpc) is 2.58. The second-order valence-electron chi connectivity index (χ2n) is 6.20. The van der Waals surface area contributed by atoms with Gasteiger partial charge in [0.25, 0.3) is 0 Å². The van der Waals surface area contributed by atoms with E-state index in [1.807, 2.05) is 6.92 Å². The quantitative estimate of drug-likeness (QED) is 0.333. The van der Waals surface area contributed by atoms with Crippen LogP contribution in [0.1, 0.15) is 58.3 Å². The highest BCUT2D eigenvalue weighted by molar-refractivity contribution is 6.02. The van der Waals surface area contributed by atoms with E-state index in [9.17, 15) is 24.6 Å². The first-order chi connectivity index (χ1) is 12.0. The Hall–Kier alpha value is -1.89. The normalized spacial score (nSPS) is 16.2. The van der Waals surface area contributed by atoms with Crippen LogP contribution in [0.4, 0.5) is 0 Å². The van der Waals surface area contributed by atoms with Gasteiger partial charge in [-0.05, 0) is 25.2 Å². The van der Waals surface area contributed by atoms with Gasteiger partial charge < -0.3 is 19.7 Å². The second-order valence-corrected chi connectivity index (χ2v) is 6.20. The minimum absolute atomic E-state index is 0.0290. The number of unbranched alkanes of at least 4 members (excludes halogenated alkanes) is 1. The van der Waals surface area contributed by atoms with Gasteiger partial charge >= 0.3 is 17.9 Å². The SMILES string of the molecule is CCCCOCCOC(=O)C/C(C(=O)O)=C(\C(=O)O)C1CCCCC1. The Labute approximate surface area is 148 Å². The lowest BCUT2D eigenvalue weighted by Gasteiger charge is -2.23. The van der Waals surface area contributed by atoms with Crippen LogP contribution >= 0.6 is 0 Å². The van der Waals surface area contributed by atoms with Crippen LogP contribution in [0.5, 0.6) is 0 Å². The molecule has 7 nitrogen and oxygen atoms in total. The zero-order chi connectivity index (χ0) is 18.7. The van der Waals surface area contributed by atoms with Crippen molar-refractivity contribution in [1.29, 1.82) is 0 Å². The molecule has 7 heteroatoms. The van der Waals surface area contributed by atoms with E-state index in [2.05, 4.69) is 0 Å². The molecule has 0 aromatic rings. The van der Waals surface area contributed by atoms with Crippen molar-refractivity contribution in [3.8, 4) is 0 Å². The predicted molar refractivity (Wildman–Crippen MR) is 90.2 cm³/mol. The number of rotatable bonds is 11. The van der Waals surface area contributed by atoms with Crippen LogP contribution in [0, 0.1) is 5.92 Å². The van der Waals surface area contributed by atoms with E-state index >= 15 is 0 Å². The molecule has 2 N–H and O–H groups in total. The molecule has 0 unspecified atom stereocenters. The molecule has 1 saturated carbocycles. The fourth-order valence-corrected chi connectivity index (χ4v) is 2.99. The molecule has 0 heterocycles. The number of carboxylic acid groups (broad SMARTS) is 2. The summed E-state index contributed by atoms with van der Waals surface area (Å²) in [6.07, 6.45) is 5.42. The Morgan fingerprint density at radius 3 is 2.20 bits per heavy atom. The lowest BCUT2D eigenvalue weighted by molar-refractivity contribution is -0.146. The van der Waals surface area contributed by atoms with Crippen LogP contribution in [-0.2, 0) is 23.9 Å². The summed E-state index contributed by atoms with van der Waals surface area (Å²) in [5, 5.41) is 18.8. The summed E-state index contributed by atoms with van der Waals surface area (Å²) in [7, 11) is 0. The minimum Gasteiger partial charge on any atom is -0.478 e. The summed E-state index contributed by atoms with van der Waals surface area (Å²) >= 11 is 0. The summed E-state index contributed by atoms with van der Waals surface area (Å²) in [6, 6.07) is 0. The lowest BCUT2D eigenvalue weighted by atomic mass is 9.81. The first-order valence-corrected chi connectivity index (χ1v) is 8.90. The third-order valence-electron chi connectivity index (χ3n) is 4.28. The highest BCUT2D eigenvalue weighted by Gasteiger charge is 2.30. The van der Waals surface area contributed by atoms with Crippen molar-refractivity contribution >= 4 is 17.9 Å². The first kappa shape index (κ1) is 21.2. The van der Waals surface area contributed by atoms with Crippen molar-refractivity contribution in [3.05, 3.63) is 11.1 Å². The van der Waals surface area contributed by atoms with Gasteiger partial charge in [0, 0.05) is 6.61 Å². The van der Waals surface area contributed by atoms with Crippen molar-refractivity contribution in [1.82, 2.24) is 0 Å². The summed E-state index contributed by atoms with van der Waals surface area (Å²) < 4.78 is 10.2. The predicted octanol–water partition coefficient (Wildman–Crippen LogP) is 2.78. The molecular weight excluding hydrogens is 328 g/mol. The van der Waals surface area contributed by atoms with E-state index in [4.69, 9.17) is 9.47 Å². The lowest BCUT2D eigenvalue weighted by Crippen LogP contribution is -2.23. The van der Waals surface area contributed by atoms with Crippen LogP contribution in [0.2, 0.25) is 0 Å². The maximum Gasteiger partial charge on any atom is 0.332 e. The van der Waals surface area contributed by atoms with E-state index in [1.165, 1.54) is 0 Å². The van der Waals surface area contributed by atoms with Gasteiger partial charge in [0.1, 0.15) is 6.61 Å². The van der Waals surface area contributed by atoms with E-state index in [0.29, 0.717) is 19.4 Å². The number of carbonyl (C=O) groups is 3. The van der Waals surface area contributed by atoms with Gasteiger partial charge in [-0.2, -0.15) is 0 Å². The maximum atomic E-state index is 11.9. The van der Waals surface area contributed by atoms with E-state index in [1.54, 1.807) is 0 Å². The molecule has 1 rings (SSSR count). The Kier molecular flexibility index (Phi) is 9.84. The molecule has 142 valence electrons. The summed E-state index contributed by atoms with van der Waals surface area (Å²) in [5.41, 5.74) is -0.514. The van der Waals surface area contributed by atoms with Crippen LogP contribution in [0.15, 0.2) is 11.1 Å². The molecule has 1 aliphatic carbocycles. The zero-order valence-electron chi connectivity index (χ0n) is 14.8. The van der Waals surface area contributed by atoms with Gasteiger partial charge in [-0.15, -0.1) is 0 Å². The van der Waals surface area contributed by atoms with Crippen LogP contribution in [0.3, 0.4) is 0 Å². The minimum atomic E-state index is -1.38. The first-order valence-electron chi connectivity index (χ1n) is 8.90. The number of carbonyl (C=O) groups excluding carboxylic acids is 1. The number of hydrogen-bond acceptors (Lipinski definition) is 5. The molecule has 0 spiro atoms. The number of esters is 1. The monoisotopic (exact) mass is 356 g/mol.